The minimum Gasteiger partial charge on any atom is -0.376 e. The molecule has 19 heavy (non-hydrogen) atoms. The summed E-state index contributed by atoms with van der Waals surface area (Å²) in [4.78, 5) is 12.2. The first-order chi connectivity index (χ1) is 9.01. The maximum atomic E-state index is 12.2. The number of hydrogen-bond donors (Lipinski definition) is 2. The Morgan fingerprint density at radius 2 is 2.21 bits per heavy atom. The van der Waals surface area contributed by atoms with Crippen molar-refractivity contribution in [3.63, 3.8) is 0 Å². The molecule has 4 heteroatoms. The normalized spacial score (nSPS) is 28.1. The van der Waals surface area contributed by atoms with Gasteiger partial charge in [0.05, 0.1) is 17.7 Å². The summed E-state index contributed by atoms with van der Waals surface area (Å²) < 4.78 is 5.51. The average Bonchev–Trinajstić information content (AvgIpc) is 2.70. The molecule has 0 aliphatic carbocycles. The van der Waals surface area contributed by atoms with E-state index in [2.05, 4.69) is 5.32 Å². The summed E-state index contributed by atoms with van der Waals surface area (Å²) in [6.45, 7) is 4.68. The molecule has 0 spiro atoms. The molecule has 1 saturated heterocycles. The number of nitrogens with one attached hydrogen (secondary N) is 1. The molecule has 0 saturated carbocycles. The Labute approximate surface area is 114 Å². The van der Waals surface area contributed by atoms with Gasteiger partial charge in [0, 0.05) is 6.61 Å². The van der Waals surface area contributed by atoms with Gasteiger partial charge in [-0.25, -0.2) is 0 Å². The zero-order valence-electron chi connectivity index (χ0n) is 11.6. The number of rotatable bonds is 4. The van der Waals surface area contributed by atoms with Crippen LogP contribution in [0.15, 0.2) is 30.3 Å². The first-order valence-electron chi connectivity index (χ1n) is 6.74. The number of ether oxygens (including phenoxy) is 1. The summed E-state index contributed by atoms with van der Waals surface area (Å²) in [6.07, 6.45) is 1.41. The molecular formula is C15H22N2O2. The van der Waals surface area contributed by atoms with E-state index in [1.54, 1.807) is 0 Å². The van der Waals surface area contributed by atoms with Gasteiger partial charge < -0.3 is 15.8 Å². The van der Waals surface area contributed by atoms with Gasteiger partial charge in [-0.05, 0) is 32.3 Å². The molecule has 3 atom stereocenters. The first-order valence-corrected chi connectivity index (χ1v) is 6.74. The van der Waals surface area contributed by atoms with Crippen LogP contribution in [0.4, 0.5) is 0 Å². The Kier molecular flexibility index (Phi) is 4.22. The summed E-state index contributed by atoms with van der Waals surface area (Å²) in [5, 5.41) is 3.04. The van der Waals surface area contributed by atoms with Gasteiger partial charge in [-0.1, -0.05) is 30.3 Å². The van der Waals surface area contributed by atoms with Crippen LogP contribution < -0.4 is 11.1 Å². The van der Waals surface area contributed by atoms with Gasteiger partial charge in [-0.3, -0.25) is 4.79 Å². The summed E-state index contributed by atoms with van der Waals surface area (Å²) >= 11 is 0. The lowest BCUT2D eigenvalue weighted by molar-refractivity contribution is -0.124. The van der Waals surface area contributed by atoms with Gasteiger partial charge in [0.2, 0.25) is 5.91 Å². The van der Waals surface area contributed by atoms with E-state index < -0.39 is 6.04 Å². The molecule has 104 valence electrons. The molecule has 1 aliphatic rings. The summed E-state index contributed by atoms with van der Waals surface area (Å²) in [6, 6.07) is 9.30. The fraction of sp³-hybridized carbons (Fsp3) is 0.533. The molecule has 0 bridgehead atoms. The van der Waals surface area contributed by atoms with Crippen LogP contribution in [-0.4, -0.2) is 30.2 Å². The highest BCUT2D eigenvalue weighted by Gasteiger charge is 2.39. The van der Waals surface area contributed by atoms with Crippen LogP contribution in [0.3, 0.4) is 0 Å². The second-order valence-corrected chi connectivity index (χ2v) is 5.47. The molecule has 3 N–H and O–H groups in total. The van der Waals surface area contributed by atoms with Crippen molar-refractivity contribution in [1.82, 2.24) is 5.32 Å². The van der Waals surface area contributed by atoms with Crippen molar-refractivity contribution in [3.05, 3.63) is 35.9 Å². The van der Waals surface area contributed by atoms with Crippen LogP contribution in [0.2, 0.25) is 0 Å². The zero-order valence-corrected chi connectivity index (χ0v) is 11.6. The van der Waals surface area contributed by atoms with E-state index in [4.69, 9.17) is 10.5 Å². The molecule has 1 aliphatic heterocycles. The predicted octanol–water partition coefficient (Wildman–Crippen LogP) is 1.24. The molecule has 1 aromatic rings. The maximum absolute atomic E-state index is 12.2. The summed E-state index contributed by atoms with van der Waals surface area (Å²) in [5.74, 6) is -0.108. The number of hydrogen-bond acceptors (Lipinski definition) is 3. The Morgan fingerprint density at radius 1 is 1.53 bits per heavy atom. The van der Waals surface area contributed by atoms with Crippen molar-refractivity contribution in [3.8, 4) is 0 Å². The van der Waals surface area contributed by atoms with Gasteiger partial charge in [-0.15, -0.1) is 0 Å². The topological polar surface area (TPSA) is 64.3 Å². The van der Waals surface area contributed by atoms with Crippen LogP contribution in [-0.2, 0) is 16.0 Å². The van der Waals surface area contributed by atoms with E-state index in [0.29, 0.717) is 13.0 Å². The quantitative estimate of drug-likeness (QED) is 0.858. The van der Waals surface area contributed by atoms with E-state index in [9.17, 15) is 4.79 Å². The molecule has 4 nitrogen and oxygen atoms in total. The summed E-state index contributed by atoms with van der Waals surface area (Å²) in [5.41, 5.74) is 6.75. The molecule has 2 unspecified atom stereocenters. The number of benzene rings is 1. The van der Waals surface area contributed by atoms with E-state index >= 15 is 0 Å². The van der Waals surface area contributed by atoms with Crippen molar-refractivity contribution in [1.29, 1.82) is 0 Å². The molecule has 1 aromatic carbocycles. The maximum Gasteiger partial charge on any atom is 0.237 e. The number of carbonyl (C=O) groups is 1. The SMILES string of the molecule is CC1OCCC1(C)NC(=O)[C@@H](N)Cc1ccccc1. The minimum absolute atomic E-state index is 0.0281. The second kappa shape index (κ2) is 5.72. The zero-order chi connectivity index (χ0) is 13.9. The number of nitrogens with two attached hydrogens (primary N) is 1. The van der Waals surface area contributed by atoms with Crippen molar-refractivity contribution in [2.75, 3.05) is 6.61 Å². The van der Waals surface area contributed by atoms with Crippen LogP contribution in [0, 0.1) is 0 Å². The predicted molar refractivity (Wildman–Crippen MR) is 74.7 cm³/mol. The number of carbonyl (C=O) groups excluding carboxylic acids is 1. The van der Waals surface area contributed by atoms with Crippen LogP contribution in [0.5, 0.6) is 0 Å². The lowest BCUT2D eigenvalue weighted by atomic mass is 9.93. The summed E-state index contributed by atoms with van der Waals surface area (Å²) in [7, 11) is 0. The van der Waals surface area contributed by atoms with Crippen molar-refractivity contribution >= 4 is 5.91 Å². The highest BCUT2D eigenvalue weighted by Crippen LogP contribution is 2.25. The molecular weight excluding hydrogens is 240 g/mol. The van der Waals surface area contributed by atoms with Gasteiger partial charge >= 0.3 is 0 Å². The molecule has 0 aromatic heterocycles. The lowest BCUT2D eigenvalue weighted by Gasteiger charge is -2.30. The average molecular weight is 262 g/mol. The van der Waals surface area contributed by atoms with Crippen LogP contribution in [0.25, 0.3) is 0 Å². The highest BCUT2D eigenvalue weighted by molar-refractivity contribution is 5.82. The third-order valence-corrected chi connectivity index (χ3v) is 3.93. The van der Waals surface area contributed by atoms with Crippen molar-refractivity contribution in [2.45, 2.75) is 44.4 Å². The van der Waals surface area contributed by atoms with Crippen LogP contribution >= 0.6 is 0 Å². The van der Waals surface area contributed by atoms with Crippen LogP contribution in [0.1, 0.15) is 25.8 Å². The largest absolute Gasteiger partial charge is 0.376 e. The Hall–Kier alpha value is -1.39. The molecule has 1 fully saturated rings. The Bertz CT molecular complexity index is 435. The third-order valence-electron chi connectivity index (χ3n) is 3.93. The molecule has 2 rings (SSSR count). The fourth-order valence-corrected chi connectivity index (χ4v) is 2.33. The standard InChI is InChI=1S/C15H22N2O2/c1-11-15(2,8-9-19-11)17-14(18)13(16)10-12-6-4-3-5-7-12/h3-7,11,13H,8-10,16H2,1-2H3,(H,17,18)/t11?,13-,15?/m0/s1. The van der Waals surface area contributed by atoms with E-state index in [0.717, 1.165) is 12.0 Å². The van der Waals surface area contributed by atoms with Crippen molar-refractivity contribution < 1.29 is 9.53 Å². The Morgan fingerprint density at radius 3 is 2.79 bits per heavy atom. The lowest BCUT2D eigenvalue weighted by Crippen LogP contribution is -2.55. The van der Waals surface area contributed by atoms with Gasteiger partial charge in [0.1, 0.15) is 0 Å². The molecule has 1 amide bonds. The van der Waals surface area contributed by atoms with E-state index in [-0.39, 0.29) is 17.6 Å². The van der Waals surface area contributed by atoms with Gasteiger partial charge in [-0.2, -0.15) is 0 Å². The smallest absolute Gasteiger partial charge is 0.237 e. The first kappa shape index (κ1) is 14.0. The monoisotopic (exact) mass is 262 g/mol. The fourth-order valence-electron chi connectivity index (χ4n) is 2.33. The van der Waals surface area contributed by atoms with E-state index in [1.807, 2.05) is 44.2 Å². The highest BCUT2D eigenvalue weighted by atomic mass is 16.5. The Balaban J connectivity index is 1.93. The van der Waals surface area contributed by atoms with E-state index in [1.165, 1.54) is 0 Å². The molecule has 1 heterocycles. The minimum atomic E-state index is -0.521. The van der Waals surface area contributed by atoms with Gasteiger partial charge in [0.15, 0.2) is 0 Å². The van der Waals surface area contributed by atoms with Crippen molar-refractivity contribution in [2.24, 2.45) is 5.73 Å². The number of amides is 1. The molecule has 0 radical (unpaired) electrons. The van der Waals surface area contributed by atoms with Gasteiger partial charge in [0.25, 0.3) is 0 Å². The third kappa shape index (κ3) is 3.33. The second-order valence-electron chi connectivity index (χ2n) is 5.47.